The van der Waals surface area contributed by atoms with Crippen molar-refractivity contribution in [2.75, 3.05) is 5.32 Å². The first-order chi connectivity index (χ1) is 16.3. The molecule has 1 aromatic heterocycles. The highest BCUT2D eigenvalue weighted by atomic mass is 31.0. The normalized spacial score (nSPS) is 13.3. The van der Waals surface area contributed by atoms with E-state index >= 15 is 0 Å². The van der Waals surface area contributed by atoms with Crippen LogP contribution in [0.1, 0.15) is 41.9 Å². The molecule has 12 heteroatoms. The van der Waals surface area contributed by atoms with Crippen LogP contribution in [-0.2, 0) is 10.5 Å². The lowest BCUT2D eigenvalue weighted by Gasteiger charge is -2.16. The number of allylic oxidation sites excluding steroid dienone is 1. The van der Waals surface area contributed by atoms with Gasteiger partial charge in [0.25, 0.3) is 11.6 Å². The van der Waals surface area contributed by atoms with E-state index in [2.05, 4.69) is 15.3 Å². The van der Waals surface area contributed by atoms with Crippen LogP contribution in [0.4, 0.5) is 33.3 Å². The van der Waals surface area contributed by atoms with Crippen LogP contribution in [-0.4, -0.2) is 28.6 Å². The lowest BCUT2D eigenvalue weighted by Crippen LogP contribution is -2.32. The molecule has 3 N–H and O–H groups in total. The number of pyridine rings is 1. The molecule has 0 spiro atoms. The van der Waals surface area contributed by atoms with Gasteiger partial charge >= 0.3 is 6.18 Å². The number of halogens is 5. The Labute approximate surface area is 200 Å². The van der Waals surface area contributed by atoms with Crippen molar-refractivity contribution in [3.8, 4) is 0 Å². The molecule has 0 aliphatic carbocycles. The molecule has 6 nitrogen and oxygen atoms in total. The maximum Gasteiger partial charge on any atom is 0.434 e. The van der Waals surface area contributed by atoms with Crippen molar-refractivity contribution in [1.29, 1.82) is 0 Å². The first kappa shape index (κ1) is 27.8. The van der Waals surface area contributed by atoms with Crippen molar-refractivity contribution in [2.45, 2.75) is 32.1 Å². The van der Waals surface area contributed by atoms with Crippen molar-refractivity contribution in [3.05, 3.63) is 71.2 Å². The van der Waals surface area contributed by atoms with Gasteiger partial charge in [-0.05, 0) is 25.1 Å². The Hall–Kier alpha value is -3.46. The van der Waals surface area contributed by atoms with Crippen LogP contribution in [0.15, 0.2) is 59.4 Å². The predicted molar refractivity (Wildman–Crippen MR) is 128 cm³/mol. The lowest BCUT2D eigenvalue weighted by molar-refractivity contribution is -0.113. The molecular formula is C23H22F5N4O2P. The fourth-order valence-corrected chi connectivity index (χ4v) is 3.13. The molecule has 0 bridgehead atoms. The maximum absolute atomic E-state index is 14.0. The van der Waals surface area contributed by atoms with Crippen LogP contribution < -0.4 is 11.1 Å². The third-order valence-electron chi connectivity index (χ3n) is 4.56. The van der Waals surface area contributed by atoms with E-state index in [0.29, 0.717) is 6.20 Å². The van der Waals surface area contributed by atoms with Gasteiger partial charge in [0.05, 0.1) is 11.3 Å². The standard InChI is InChI=1S/C23H22F5N4O2P/c1-3-6-14-15(18(33)4-2)7-5-8-17(14)32-20(22(24,25)26)16(12-29)21(34)31-13-9-10-30-19(11-13)23(27,28)35/h3,5-12H,4,29,35H2,1-2H3,(H,30,31,34)/b6-3-,16-12+,32-20?. The number of alkyl halides is 5. The van der Waals surface area contributed by atoms with Gasteiger partial charge in [0, 0.05) is 35.6 Å². The van der Waals surface area contributed by atoms with Crippen molar-refractivity contribution in [1.82, 2.24) is 4.98 Å². The van der Waals surface area contributed by atoms with Crippen LogP contribution in [0, 0.1) is 0 Å². The minimum absolute atomic E-state index is 0.115. The van der Waals surface area contributed by atoms with E-state index in [1.54, 1.807) is 13.8 Å². The monoisotopic (exact) mass is 512 g/mol. The van der Waals surface area contributed by atoms with Crippen LogP contribution >= 0.6 is 9.24 Å². The molecule has 1 heterocycles. The van der Waals surface area contributed by atoms with E-state index in [4.69, 9.17) is 5.73 Å². The van der Waals surface area contributed by atoms with Gasteiger partial charge in [0.15, 0.2) is 11.5 Å². The number of carbonyl (C=O) groups excluding carboxylic acids is 2. The number of amides is 1. The predicted octanol–water partition coefficient (Wildman–Crippen LogP) is 5.75. The van der Waals surface area contributed by atoms with Crippen molar-refractivity contribution in [3.63, 3.8) is 0 Å². The summed E-state index contributed by atoms with van der Waals surface area (Å²) < 4.78 is 69.0. The highest BCUT2D eigenvalue weighted by Crippen LogP contribution is 2.35. The molecule has 0 saturated carbocycles. The highest BCUT2D eigenvalue weighted by molar-refractivity contribution is 7.17. The molecule has 1 atom stereocenters. The number of Topliss-reactive ketones (excluding diaryl/α,β-unsaturated/α-hetero) is 1. The topological polar surface area (TPSA) is 97.4 Å². The number of hydrogen-bond acceptors (Lipinski definition) is 5. The number of nitrogens with one attached hydrogen (secondary N) is 1. The van der Waals surface area contributed by atoms with Gasteiger partial charge in [0.1, 0.15) is 5.69 Å². The molecule has 186 valence electrons. The summed E-state index contributed by atoms with van der Waals surface area (Å²) in [6, 6.07) is 6.03. The number of nitrogens with zero attached hydrogens (tertiary/aromatic N) is 2. The zero-order valence-electron chi connectivity index (χ0n) is 18.7. The molecule has 1 aromatic carbocycles. The fourth-order valence-electron chi connectivity index (χ4n) is 2.97. The second-order valence-corrected chi connectivity index (χ2v) is 7.79. The third kappa shape index (κ3) is 7.02. The van der Waals surface area contributed by atoms with E-state index in [1.165, 1.54) is 39.6 Å². The SMILES string of the molecule is C/C=C\c1c(N=C(/C(=C\N)C(=O)Nc2ccnc(C(F)(F)P)c2)C(F)(F)F)cccc1C(=O)CC. The van der Waals surface area contributed by atoms with E-state index in [0.717, 1.165) is 18.3 Å². The number of aliphatic imine (C=N–C) groups is 1. The summed E-state index contributed by atoms with van der Waals surface area (Å²) in [7, 11) is 1.27. The number of anilines is 1. The largest absolute Gasteiger partial charge is 0.434 e. The third-order valence-corrected chi connectivity index (χ3v) is 4.86. The number of aromatic nitrogens is 1. The maximum atomic E-state index is 14.0. The zero-order valence-corrected chi connectivity index (χ0v) is 19.8. The second-order valence-electron chi connectivity index (χ2n) is 7.06. The molecule has 2 rings (SSSR count). The van der Waals surface area contributed by atoms with Crippen LogP contribution in [0.3, 0.4) is 0 Å². The molecule has 0 aliphatic rings. The molecule has 0 aliphatic heterocycles. The van der Waals surface area contributed by atoms with Gasteiger partial charge in [-0.3, -0.25) is 14.6 Å². The van der Waals surface area contributed by atoms with Gasteiger partial charge in [-0.1, -0.05) is 40.4 Å². The average Bonchev–Trinajstić information content (AvgIpc) is 2.78. The smallest absolute Gasteiger partial charge is 0.404 e. The summed E-state index contributed by atoms with van der Waals surface area (Å²) in [5.74, 6) is -1.64. The molecule has 1 amide bonds. The molecule has 35 heavy (non-hydrogen) atoms. The van der Waals surface area contributed by atoms with E-state index in [-0.39, 0.29) is 34.7 Å². The minimum atomic E-state index is -5.13. The molecule has 1 unspecified atom stereocenters. The van der Waals surface area contributed by atoms with E-state index < -0.39 is 34.7 Å². The highest BCUT2D eigenvalue weighted by Gasteiger charge is 2.41. The number of carbonyl (C=O) groups is 2. The Morgan fingerprint density at radius 2 is 1.89 bits per heavy atom. The Balaban J connectivity index is 2.59. The summed E-state index contributed by atoms with van der Waals surface area (Å²) >= 11 is 0. The molecular weight excluding hydrogens is 490 g/mol. The quantitative estimate of drug-likeness (QED) is 0.155. The Kier molecular flexibility index (Phi) is 8.98. The van der Waals surface area contributed by atoms with Crippen LogP contribution in [0.2, 0.25) is 0 Å². The summed E-state index contributed by atoms with van der Waals surface area (Å²) in [5, 5.41) is 2.10. The number of rotatable bonds is 8. The van der Waals surface area contributed by atoms with Crippen LogP contribution in [0.25, 0.3) is 6.08 Å². The van der Waals surface area contributed by atoms with Gasteiger partial charge in [-0.25, -0.2) is 4.99 Å². The number of nitrogens with two attached hydrogens (primary N) is 1. The Morgan fingerprint density at radius 1 is 1.20 bits per heavy atom. The summed E-state index contributed by atoms with van der Waals surface area (Å²) in [6.45, 7) is 3.22. The van der Waals surface area contributed by atoms with Gasteiger partial charge in [-0.15, -0.1) is 0 Å². The van der Waals surface area contributed by atoms with Gasteiger partial charge < -0.3 is 11.1 Å². The Morgan fingerprint density at radius 3 is 2.43 bits per heavy atom. The summed E-state index contributed by atoms with van der Waals surface area (Å²) in [4.78, 5) is 32.1. The summed E-state index contributed by atoms with van der Waals surface area (Å²) in [6.07, 6.45) is -0.662. The van der Waals surface area contributed by atoms with Crippen molar-refractivity contribution in [2.24, 2.45) is 10.7 Å². The number of hydrogen-bond donors (Lipinski definition) is 2. The molecule has 0 saturated heterocycles. The second kappa shape index (κ2) is 11.3. The van der Waals surface area contributed by atoms with E-state index in [9.17, 15) is 31.5 Å². The lowest BCUT2D eigenvalue weighted by atomic mass is 9.99. The first-order valence-corrected chi connectivity index (χ1v) is 10.7. The van der Waals surface area contributed by atoms with Gasteiger partial charge in [0.2, 0.25) is 0 Å². The molecule has 0 fully saturated rings. The minimum Gasteiger partial charge on any atom is -0.404 e. The molecule has 2 aromatic rings. The summed E-state index contributed by atoms with van der Waals surface area (Å²) in [5.41, 5.74) is -1.59. The van der Waals surface area contributed by atoms with Crippen LogP contribution in [0.5, 0.6) is 0 Å². The Bertz CT molecular complexity index is 1200. The van der Waals surface area contributed by atoms with Crippen molar-refractivity contribution < 1.29 is 31.5 Å². The number of benzene rings is 1. The van der Waals surface area contributed by atoms with E-state index in [1.807, 2.05) is 0 Å². The first-order valence-electron chi connectivity index (χ1n) is 10.1. The van der Waals surface area contributed by atoms with Gasteiger partial charge in [-0.2, -0.15) is 22.0 Å². The zero-order chi connectivity index (χ0) is 26.4. The van der Waals surface area contributed by atoms with Crippen molar-refractivity contribution >= 4 is 44.1 Å². The fraction of sp³-hybridized carbons (Fsp3) is 0.217. The average molecular weight is 512 g/mol. The molecule has 0 radical (unpaired) electrons. The number of ketones is 1.